The fraction of sp³-hybridized carbons (Fsp3) is 0.348. The molecule has 8 heteroatoms. The molecule has 0 amide bonds. The zero-order chi connectivity index (χ0) is 22.4. The zero-order valence-electron chi connectivity index (χ0n) is 18.1. The molecule has 0 radical (unpaired) electrons. The lowest BCUT2D eigenvalue weighted by Crippen LogP contribution is -2.26. The molecule has 0 saturated heterocycles. The van der Waals surface area contributed by atoms with Crippen LogP contribution < -0.4 is 4.74 Å². The molecular formula is C23H26FN3O3S. The highest BCUT2D eigenvalue weighted by Crippen LogP contribution is 2.34. The summed E-state index contributed by atoms with van der Waals surface area (Å²) in [5.41, 5.74) is 1.59. The van der Waals surface area contributed by atoms with Gasteiger partial charge in [-0.05, 0) is 41.3 Å². The van der Waals surface area contributed by atoms with E-state index in [9.17, 15) is 12.8 Å². The van der Waals surface area contributed by atoms with Crippen molar-refractivity contribution in [1.82, 2.24) is 13.9 Å². The standard InChI is InChI=1S/C23H26FN3O3S/c1-23(2)12-22-25-21(14-27(22)15-23)19-11-18(9-10-20(19)24)31(28,29)26(3)13-16-5-7-17(30-4)8-6-16/h5-11,14H,12-13,15H2,1-4H3. The van der Waals surface area contributed by atoms with Gasteiger partial charge in [-0.25, -0.2) is 17.8 Å². The van der Waals surface area contributed by atoms with Crippen molar-refractivity contribution in [3.63, 3.8) is 0 Å². The Labute approximate surface area is 182 Å². The minimum atomic E-state index is -3.81. The molecule has 0 bridgehead atoms. The number of benzene rings is 2. The first-order valence-electron chi connectivity index (χ1n) is 10.0. The second-order valence-corrected chi connectivity index (χ2v) is 10.8. The molecule has 0 unspecified atom stereocenters. The van der Waals surface area contributed by atoms with Crippen molar-refractivity contribution in [2.75, 3.05) is 14.2 Å². The van der Waals surface area contributed by atoms with Gasteiger partial charge in [0.15, 0.2) is 0 Å². The van der Waals surface area contributed by atoms with Gasteiger partial charge in [-0.15, -0.1) is 0 Å². The summed E-state index contributed by atoms with van der Waals surface area (Å²) in [5.74, 6) is 1.10. The highest BCUT2D eigenvalue weighted by molar-refractivity contribution is 7.89. The van der Waals surface area contributed by atoms with E-state index in [2.05, 4.69) is 18.8 Å². The van der Waals surface area contributed by atoms with Gasteiger partial charge in [0, 0.05) is 38.3 Å². The van der Waals surface area contributed by atoms with Gasteiger partial charge in [-0.2, -0.15) is 4.31 Å². The number of fused-ring (bicyclic) bond motifs is 1. The summed E-state index contributed by atoms with van der Waals surface area (Å²) in [6.07, 6.45) is 2.61. The highest BCUT2D eigenvalue weighted by atomic mass is 32.2. The van der Waals surface area contributed by atoms with Crippen molar-refractivity contribution in [2.24, 2.45) is 5.41 Å². The average molecular weight is 444 g/mol. The molecule has 0 aliphatic carbocycles. The Kier molecular flexibility index (Phi) is 5.39. The monoisotopic (exact) mass is 443 g/mol. The second-order valence-electron chi connectivity index (χ2n) is 8.76. The van der Waals surface area contributed by atoms with E-state index in [-0.39, 0.29) is 22.4 Å². The third-order valence-corrected chi connectivity index (χ3v) is 7.38. The number of hydrogen-bond donors (Lipinski definition) is 0. The van der Waals surface area contributed by atoms with Crippen molar-refractivity contribution in [3.8, 4) is 17.0 Å². The molecule has 1 aliphatic heterocycles. The summed E-state index contributed by atoms with van der Waals surface area (Å²) in [7, 11) is -0.726. The molecule has 2 aromatic carbocycles. The SMILES string of the molecule is COc1ccc(CN(C)S(=O)(=O)c2ccc(F)c(-c3cn4c(n3)CC(C)(C)C4)c2)cc1. The molecule has 6 nitrogen and oxygen atoms in total. The van der Waals surface area contributed by atoms with E-state index < -0.39 is 15.8 Å². The van der Waals surface area contributed by atoms with Crippen LogP contribution in [-0.2, 0) is 29.5 Å². The van der Waals surface area contributed by atoms with Crippen LogP contribution in [-0.4, -0.2) is 36.4 Å². The summed E-state index contributed by atoms with van der Waals surface area (Å²) < 4.78 is 49.3. The van der Waals surface area contributed by atoms with E-state index in [1.807, 2.05) is 16.7 Å². The third kappa shape index (κ3) is 4.22. The van der Waals surface area contributed by atoms with Gasteiger partial charge < -0.3 is 9.30 Å². The Bertz CT molecular complexity index is 1190. The summed E-state index contributed by atoms with van der Waals surface area (Å²) in [5, 5.41) is 0. The number of ether oxygens (including phenoxy) is 1. The Balaban J connectivity index is 1.61. The van der Waals surface area contributed by atoms with Crippen molar-refractivity contribution < 1.29 is 17.5 Å². The summed E-state index contributed by atoms with van der Waals surface area (Å²) in [4.78, 5) is 4.61. The van der Waals surface area contributed by atoms with E-state index in [0.29, 0.717) is 11.4 Å². The molecule has 31 heavy (non-hydrogen) atoms. The lowest BCUT2D eigenvalue weighted by molar-refractivity contribution is 0.358. The molecule has 1 aliphatic rings. The number of aromatic nitrogens is 2. The van der Waals surface area contributed by atoms with Crippen LogP contribution in [0.4, 0.5) is 4.39 Å². The predicted molar refractivity (Wildman–Crippen MR) is 117 cm³/mol. The molecule has 1 aromatic heterocycles. The average Bonchev–Trinajstić information content (AvgIpc) is 3.22. The van der Waals surface area contributed by atoms with E-state index in [4.69, 9.17) is 4.74 Å². The van der Waals surface area contributed by atoms with Crippen molar-refractivity contribution in [2.45, 2.75) is 38.3 Å². The Hall–Kier alpha value is -2.71. The van der Waals surface area contributed by atoms with Crippen LogP contribution >= 0.6 is 0 Å². The van der Waals surface area contributed by atoms with Crippen LogP contribution in [0.5, 0.6) is 5.75 Å². The fourth-order valence-electron chi connectivity index (χ4n) is 3.92. The number of imidazole rings is 1. The van der Waals surface area contributed by atoms with Crippen LogP contribution in [0.2, 0.25) is 0 Å². The van der Waals surface area contributed by atoms with Crippen LogP contribution in [0.3, 0.4) is 0 Å². The summed E-state index contributed by atoms with van der Waals surface area (Å²) >= 11 is 0. The van der Waals surface area contributed by atoms with Gasteiger partial charge in [0.2, 0.25) is 10.0 Å². The van der Waals surface area contributed by atoms with Gasteiger partial charge in [-0.1, -0.05) is 26.0 Å². The molecule has 164 valence electrons. The lowest BCUT2D eigenvalue weighted by Gasteiger charge is -2.18. The number of sulfonamides is 1. The fourth-order valence-corrected chi connectivity index (χ4v) is 5.11. The molecule has 0 fully saturated rings. The van der Waals surface area contributed by atoms with E-state index in [1.54, 1.807) is 25.4 Å². The van der Waals surface area contributed by atoms with E-state index >= 15 is 0 Å². The maximum absolute atomic E-state index is 14.6. The highest BCUT2D eigenvalue weighted by Gasteiger charge is 2.31. The van der Waals surface area contributed by atoms with Gasteiger partial charge in [0.1, 0.15) is 17.4 Å². The first-order chi connectivity index (χ1) is 14.6. The van der Waals surface area contributed by atoms with Crippen LogP contribution in [0.15, 0.2) is 53.6 Å². The number of methoxy groups -OCH3 is 1. The molecule has 0 atom stereocenters. The van der Waals surface area contributed by atoms with Crippen molar-refractivity contribution in [1.29, 1.82) is 0 Å². The lowest BCUT2D eigenvalue weighted by atomic mass is 9.92. The van der Waals surface area contributed by atoms with Crippen LogP contribution in [0, 0.1) is 11.2 Å². The van der Waals surface area contributed by atoms with Crippen LogP contribution in [0.1, 0.15) is 25.2 Å². The largest absolute Gasteiger partial charge is 0.497 e. The topological polar surface area (TPSA) is 64.4 Å². The molecule has 3 aromatic rings. The van der Waals surface area contributed by atoms with E-state index in [1.165, 1.54) is 29.6 Å². The van der Waals surface area contributed by atoms with Gasteiger partial charge in [-0.3, -0.25) is 0 Å². The first kappa shape index (κ1) is 21.5. The minimum absolute atomic E-state index is 0.0356. The smallest absolute Gasteiger partial charge is 0.243 e. The van der Waals surface area contributed by atoms with E-state index in [0.717, 1.165) is 24.4 Å². The maximum atomic E-state index is 14.6. The van der Waals surface area contributed by atoms with Crippen LogP contribution in [0.25, 0.3) is 11.3 Å². The number of hydrogen-bond acceptors (Lipinski definition) is 4. The second kappa shape index (κ2) is 7.76. The molecule has 2 heterocycles. The Morgan fingerprint density at radius 3 is 2.55 bits per heavy atom. The molecule has 0 saturated carbocycles. The molecular weight excluding hydrogens is 417 g/mol. The van der Waals surface area contributed by atoms with Crippen molar-refractivity contribution in [3.05, 3.63) is 65.9 Å². The minimum Gasteiger partial charge on any atom is -0.497 e. The predicted octanol–water partition coefficient (Wildman–Crippen LogP) is 4.10. The van der Waals surface area contributed by atoms with Gasteiger partial charge in [0.25, 0.3) is 0 Å². The number of rotatable bonds is 6. The molecule has 0 N–H and O–H groups in total. The number of nitrogens with zero attached hydrogens (tertiary/aromatic N) is 3. The first-order valence-corrected chi connectivity index (χ1v) is 11.5. The van der Waals surface area contributed by atoms with Gasteiger partial charge >= 0.3 is 0 Å². The van der Waals surface area contributed by atoms with Gasteiger partial charge in [0.05, 0.1) is 17.7 Å². The molecule has 4 rings (SSSR count). The Morgan fingerprint density at radius 1 is 1.19 bits per heavy atom. The maximum Gasteiger partial charge on any atom is 0.243 e. The van der Waals surface area contributed by atoms with Crippen molar-refractivity contribution >= 4 is 10.0 Å². The number of halogens is 1. The summed E-state index contributed by atoms with van der Waals surface area (Å²) in [6.45, 7) is 5.31. The quantitative estimate of drug-likeness (QED) is 0.575. The third-order valence-electron chi connectivity index (χ3n) is 5.58. The molecule has 0 spiro atoms. The normalized spacial score (nSPS) is 15.3. The summed E-state index contributed by atoms with van der Waals surface area (Å²) in [6, 6.07) is 11.1. The Morgan fingerprint density at radius 2 is 1.90 bits per heavy atom. The zero-order valence-corrected chi connectivity index (χ0v) is 18.9.